The molecule has 0 saturated carbocycles. The quantitative estimate of drug-likeness (QED) is 0.495. The summed E-state index contributed by atoms with van der Waals surface area (Å²) in [6, 6.07) is 16.4. The summed E-state index contributed by atoms with van der Waals surface area (Å²) in [6.45, 7) is 1.09. The second kappa shape index (κ2) is 8.10. The maximum absolute atomic E-state index is 12.9. The fraction of sp³-hybridized carbons (Fsp3) is 0.158. The minimum absolute atomic E-state index is 0.238. The Bertz CT molecular complexity index is 825. The average Bonchev–Trinajstić information content (AvgIpc) is 3.13. The van der Waals surface area contributed by atoms with Crippen molar-refractivity contribution in [1.29, 1.82) is 0 Å². The fourth-order valence-electron chi connectivity index (χ4n) is 2.39. The van der Waals surface area contributed by atoms with Crippen LogP contribution in [0.1, 0.15) is 11.4 Å². The van der Waals surface area contributed by atoms with Crippen LogP contribution >= 0.6 is 0 Å². The number of rotatable bonds is 5. The van der Waals surface area contributed by atoms with E-state index in [0.717, 1.165) is 22.6 Å². The zero-order chi connectivity index (χ0) is 17.5. The lowest BCUT2D eigenvalue weighted by molar-refractivity contribution is 0.626. The Kier molecular flexibility index (Phi) is 5.41. The second-order valence-corrected chi connectivity index (χ2v) is 5.52. The summed E-state index contributed by atoms with van der Waals surface area (Å²) in [5.41, 5.74) is 3.06. The van der Waals surface area contributed by atoms with E-state index in [9.17, 15) is 4.39 Å². The summed E-state index contributed by atoms with van der Waals surface area (Å²) >= 11 is 0. The molecule has 0 spiro atoms. The molecule has 3 N–H and O–H groups in total. The van der Waals surface area contributed by atoms with Gasteiger partial charge in [-0.05, 0) is 23.3 Å². The van der Waals surface area contributed by atoms with Crippen molar-refractivity contribution >= 4 is 5.96 Å². The van der Waals surface area contributed by atoms with Crippen molar-refractivity contribution < 1.29 is 4.39 Å². The van der Waals surface area contributed by atoms with Crippen molar-refractivity contribution in [1.82, 2.24) is 20.6 Å². The number of aromatic amines is 1. The molecule has 1 aromatic heterocycles. The van der Waals surface area contributed by atoms with Crippen LogP contribution < -0.4 is 10.6 Å². The van der Waals surface area contributed by atoms with Crippen molar-refractivity contribution in [2.45, 2.75) is 13.1 Å². The predicted molar refractivity (Wildman–Crippen MR) is 97.5 cm³/mol. The van der Waals surface area contributed by atoms with Crippen LogP contribution in [0, 0.1) is 5.82 Å². The van der Waals surface area contributed by atoms with Gasteiger partial charge in [0.2, 0.25) is 0 Å². The summed E-state index contributed by atoms with van der Waals surface area (Å²) in [7, 11) is 1.71. The Labute approximate surface area is 146 Å². The lowest BCUT2D eigenvalue weighted by Crippen LogP contribution is -2.36. The maximum Gasteiger partial charge on any atom is 0.191 e. The van der Waals surface area contributed by atoms with Gasteiger partial charge >= 0.3 is 0 Å². The van der Waals surface area contributed by atoms with Crippen LogP contribution in [-0.2, 0) is 13.1 Å². The van der Waals surface area contributed by atoms with Gasteiger partial charge in [0, 0.05) is 13.6 Å². The van der Waals surface area contributed by atoms with Gasteiger partial charge < -0.3 is 15.6 Å². The largest absolute Gasteiger partial charge is 0.352 e. The number of H-pyrrole nitrogens is 1. The highest BCUT2D eigenvalue weighted by Gasteiger charge is 2.04. The zero-order valence-electron chi connectivity index (χ0n) is 14.0. The van der Waals surface area contributed by atoms with Crippen LogP contribution in [-0.4, -0.2) is 23.0 Å². The number of imidazole rings is 1. The molecule has 0 amide bonds. The number of nitrogens with zero attached hydrogens (tertiary/aromatic N) is 2. The first-order valence-corrected chi connectivity index (χ1v) is 8.03. The van der Waals surface area contributed by atoms with E-state index < -0.39 is 0 Å². The minimum Gasteiger partial charge on any atom is -0.352 e. The number of aromatic nitrogens is 2. The molecule has 0 bridgehead atoms. The molecular formula is C19H20FN5. The van der Waals surface area contributed by atoms with Crippen LogP contribution in [0.5, 0.6) is 0 Å². The molecule has 128 valence electrons. The molecule has 3 aromatic rings. The highest BCUT2D eigenvalue weighted by atomic mass is 19.1. The third kappa shape index (κ3) is 4.67. The number of aliphatic imine (C=N–C) groups is 1. The van der Waals surface area contributed by atoms with Crippen LogP contribution in [0.15, 0.2) is 65.8 Å². The van der Waals surface area contributed by atoms with E-state index in [1.165, 1.54) is 12.1 Å². The van der Waals surface area contributed by atoms with Gasteiger partial charge in [-0.1, -0.05) is 42.5 Å². The number of hydrogen-bond acceptors (Lipinski definition) is 2. The van der Waals surface area contributed by atoms with Gasteiger partial charge in [-0.15, -0.1) is 0 Å². The molecule has 0 aliphatic rings. The maximum atomic E-state index is 12.9. The predicted octanol–water partition coefficient (Wildman–Crippen LogP) is 3.08. The molecule has 0 aliphatic carbocycles. The molecule has 3 rings (SSSR count). The first-order valence-electron chi connectivity index (χ1n) is 8.03. The van der Waals surface area contributed by atoms with Gasteiger partial charge in [0.25, 0.3) is 0 Å². The Morgan fingerprint density at radius 1 is 1.04 bits per heavy atom. The minimum atomic E-state index is -0.238. The summed E-state index contributed by atoms with van der Waals surface area (Å²) in [4.78, 5) is 11.9. The molecular weight excluding hydrogens is 317 g/mol. The van der Waals surface area contributed by atoms with Crippen molar-refractivity contribution in [2.24, 2.45) is 4.99 Å². The third-order valence-electron chi connectivity index (χ3n) is 3.73. The van der Waals surface area contributed by atoms with Gasteiger partial charge in [0.1, 0.15) is 11.6 Å². The van der Waals surface area contributed by atoms with Gasteiger partial charge in [-0.25, -0.2) is 9.37 Å². The topological polar surface area (TPSA) is 65.1 Å². The molecule has 0 fully saturated rings. The van der Waals surface area contributed by atoms with Crippen LogP contribution in [0.4, 0.5) is 4.39 Å². The number of hydrogen-bond donors (Lipinski definition) is 3. The van der Waals surface area contributed by atoms with Gasteiger partial charge in [-0.3, -0.25) is 4.99 Å². The van der Waals surface area contributed by atoms with Crippen molar-refractivity contribution in [3.8, 4) is 11.3 Å². The number of nitrogens with one attached hydrogen (secondary N) is 3. The molecule has 0 atom stereocenters. The lowest BCUT2D eigenvalue weighted by atomic mass is 10.2. The molecule has 0 unspecified atom stereocenters. The molecule has 6 heteroatoms. The molecule has 5 nitrogen and oxygen atoms in total. The molecule has 25 heavy (non-hydrogen) atoms. The van der Waals surface area contributed by atoms with Crippen molar-refractivity contribution in [3.63, 3.8) is 0 Å². The van der Waals surface area contributed by atoms with Crippen LogP contribution in [0.2, 0.25) is 0 Å². The zero-order valence-corrected chi connectivity index (χ0v) is 14.0. The Morgan fingerprint density at radius 3 is 2.48 bits per heavy atom. The number of benzene rings is 2. The van der Waals surface area contributed by atoms with Crippen LogP contribution in [0.25, 0.3) is 11.3 Å². The Hall–Kier alpha value is -3.15. The van der Waals surface area contributed by atoms with E-state index in [-0.39, 0.29) is 5.82 Å². The first-order chi connectivity index (χ1) is 12.2. The Morgan fingerprint density at radius 2 is 1.76 bits per heavy atom. The highest BCUT2D eigenvalue weighted by molar-refractivity contribution is 5.79. The van der Waals surface area contributed by atoms with E-state index in [1.807, 2.05) is 36.5 Å². The molecule has 2 aromatic carbocycles. The third-order valence-corrected chi connectivity index (χ3v) is 3.73. The summed E-state index contributed by atoms with van der Waals surface area (Å²) < 4.78 is 12.9. The summed E-state index contributed by atoms with van der Waals surface area (Å²) in [5.74, 6) is 1.24. The second-order valence-electron chi connectivity index (χ2n) is 5.52. The average molecular weight is 337 g/mol. The first kappa shape index (κ1) is 16.7. The lowest BCUT2D eigenvalue weighted by Gasteiger charge is -2.11. The number of halogens is 1. The van der Waals surface area contributed by atoms with Gasteiger partial charge in [0.05, 0.1) is 18.4 Å². The monoisotopic (exact) mass is 337 g/mol. The fourth-order valence-corrected chi connectivity index (χ4v) is 2.39. The van der Waals surface area contributed by atoms with E-state index >= 15 is 0 Å². The smallest absolute Gasteiger partial charge is 0.191 e. The molecule has 0 aliphatic heterocycles. The van der Waals surface area contributed by atoms with E-state index in [0.29, 0.717) is 19.0 Å². The van der Waals surface area contributed by atoms with Gasteiger partial charge in [-0.2, -0.15) is 0 Å². The summed E-state index contributed by atoms with van der Waals surface area (Å²) in [5, 5.41) is 6.39. The SMILES string of the molecule is CN=C(NCc1ccc(F)cc1)NCc1ncc(-c2ccccc2)[nH]1. The highest BCUT2D eigenvalue weighted by Crippen LogP contribution is 2.15. The molecule has 0 radical (unpaired) electrons. The van der Waals surface area contributed by atoms with E-state index in [1.54, 1.807) is 19.2 Å². The van der Waals surface area contributed by atoms with Gasteiger partial charge in [0.15, 0.2) is 5.96 Å². The van der Waals surface area contributed by atoms with Crippen LogP contribution in [0.3, 0.4) is 0 Å². The number of guanidine groups is 1. The van der Waals surface area contributed by atoms with E-state index in [4.69, 9.17) is 0 Å². The molecule has 1 heterocycles. The standard InChI is InChI=1S/C19H20FN5/c1-21-19(23-11-14-7-9-16(20)10-8-14)24-13-18-22-12-17(25-18)15-5-3-2-4-6-15/h2-10,12H,11,13H2,1H3,(H,22,25)(H2,21,23,24). The normalized spacial score (nSPS) is 11.4. The Balaban J connectivity index is 1.53. The van der Waals surface area contributed by atoms with Crippen molar-refractivity contribution in [3.05, 3.63) is 78.0 Å². The van der Waals surface area contributed by atoms with Crippen molar-refractivity contribution in [2.75, 3.05) is 7.05 Å². The molecule has 0 saturated heterocycles. The van der Waals surface area contributed by atoms with E-state index in [2.05, 4.69) is 25.6 Å². The summed E-state index contributed by atoms with van der Waals surface area (Å²) in [6.07, 6.45) is 1.82.